The highest BCUT2D eigenvalue weighted by atomic mass is 15.0. The van der Waals surface area contributed by atoms with Crippen molar-refractivity contribution in [2.24, 2.45) is 0 Å². The van der Waals surface area contributed by atoms with Gasteiger partial charge in [-0.05, 0) is 20.3 Å². The second-order valence-electron chi connectivity index (χ2n) is 3.16. The lowest BCUT2D eigenvalue weighted by atomic mass is 10.0. The summed E-state index contributed by atoms with van der Waals surface area (Å²) in [5.74, 6) is 0. The number of nitrogens with one attached hydrogen (secondary N) is 1. The van der Waals surface area contributed by atoms with Crippen LogP contribution < -0.4 is 5.32 Å². The zero-order valence-corrected chi connectivity index (χ0v) is 5.62. The fourth-order valence-electron chi connectivity index (χ4n) is 1.11. The molecule has 0 aromatic carbocycles. The summed E-state index contributed by atoms with van der Waals surface area (Å²) in [5.41, 5.74) is 1.65. The minimum atomic E-state index is 0.317. The van der Waals surface area contributed by atoms with Gasteiger partial charge in [0.05, 0.1) is 0 Å². The highest BCUT2D eigenvalue weighted by Gasteiger charge is 2.23. The van der Waals surface area contributed by atoms with Gasteiger partial charge in [-0.15, -0.1) is 0 Å². The van der Waals surface area contributed by atoms with E-state index in [2.05, 4.69) is 25.7 Å². The molecule has 1 heteroatoms. The van der Waals surface area contributed by atoms with E-state index >= 15 is 0 Å². The topological polar surface area (TPSA) is 12.0 Å². The largest absolute Gasteiger partial charge is 0.308 e. The van der Waals surface area contributed by atoms with Gasteiger partial charge in [0, 0.05) is 12.1 Å². The van der Waals surface area contributed by atoms with E-state index in [4.69, 9.17) is 0 Å². The van der Waals surface area contributed by atoms with E-state index in [1.165, 1.54) is 5.57 Å². The summed E-state index contributed by atoms with van der Waals surface area (Å²) >= 11 is 0. The van der Waals surface area contributed by atoms with E-state index in [1.54, 1.807) is 0 Å². The highest BCUT2D eigenvalue weighted by Crippen LogP contribution is 2.20. The summed E-state index contributed by atoms with van der Waals surface area (Å²) in [7, 11) is 0. The first-order valence-electron chi connectivity index (χ1n) is 3.02. The number of hydrogen-bond donors (Lipinski definition) is 1. The first-order valence-corrected chi connectivity index (χ1v) is 3.02. The maximum absolute atomic E-state index is 3.89. The molecule has 0 aliphatic carbocycles. The summed E-state index contributed by atoms with van der Waals surface area (Å²) in [6.45, 7) is 9.29. The molecule has 0 bridgehead atoms. The van der Waals surface area contributed by atoms with Crippen molar-refractivity contribution in [3.63, 3.8) is 0 Å². The normalized spacial score (nSPS) is 26.5. The van der Waals surface area contributed by atoms with Crippen molar-refractivity contribution < 1.29 is 0 Å². The molecule has 1 N–H and O–H groups in total. The maximum atomic E-state index is 3.89. The molecule has 1 aliphatic rings. The van der Waals surface area contributed by atoms with Gasteiger partial charge in [-0.2, -0.15) is 0 Å². The van der Waals surface area contributed by atoms with Crippen molar-refractivity contribution in [1.82, 2.24) is 5.32 Å². The Bertz CT molecular complexity index is 114. The lowest BCUT2D eigenvalue weighted by molar-refractivity contribution is 0.464. The van der Waals surface area contributed by atoms with Crippen LogP contribution in [0.5, 0.6) is 0 Å². The molecule has 1 fully saturated rings. The molecule has 0 aromatic rings. The first-order chi connectivity index (χ1) is 3.60. The van der Waals surface area contributed by atoms with Crippen LogP contribution in [-0.2, 0) is 0 Å². The molecular weight excluding hydrogens is 98.1 g/mol. The Morgan fingerprint density at radius 3 is 2.38 bits per heavy atom. The molecule has 1 saturated heterocycles. The second kappa shape index (κ2) is 1.59. The molecule has 0 radical (unpaired) electrons. The summed E-state index contributed by atoms with van der Waals surface area (Å²) < 4.78 is 0. The average Bonchev–Trinajstić information content (AvgIpc) is 1.82. The van der Waals surface area contributed by atoms with Gasteiger partial charge >= 0.3 is 0 Å². The third kappa shape index (κ3) is 1.10. The van der Waals surface area contributed by atoms with E-state index in [0.717, 1.165) is 13.0 Å². The van der Waals surface area contributed by atoms with Crippen LogP contribution in [0.1, 0.15) is 20.3 Å². The van der Waals surface area contributed by atoms with Gasteiger partial charge in [-0.3, -0.25) is 0 Å². The van der Waals surface area contributed by atoms with Crippen molar-refractivity contribution in [1.29, 1.82) is 0 Å². The van der Waals surface area contributed by atoms with E-state index < -0.39 is 0 Å². The molecular formula is C7H13N. The van der Waals surface area contributed by atoms with Crippen molar-refractivity contribution in [2.45, 2.75) is 25.8 Å². The third-order valence-corrected chi connectivity index (χ3v) is 1.51. The summed E-state index contributed by atoms with van der Waals surface area (Å²) in [6.07, 6.45) is 1.13. The van der Waals surface area contributed by atoms with Crippen molar-refractivity contribution >= 4 is 0 Å². The van der Waals surface area contributed by atoms with E-state index in [1.807, 2.05) is 0 Å². The Morgan fingerprint density at radius 1 is 1.62 bits per heavy atom. The Kier molecular flexibility index (Phi) is 1.16. The lowest BCUT2D eigenvalue weighted by Crippen LogP contribution is -2.31. The van der Waals surface area contributed by atoms with Crippen LogP contribution in [-0.4, -0.2) is 12.1 Å². The molecule has 0 aromatic heterocycles. The Balaban J connectivity index is 2.56. The summed E-state index contributed by atoms with van der Waals surface area (Å²) in [6, 6.07) is 0. The van der Waals surface area contributed by atoms with Crippen LogP contribution in [0.15, 0.2) is 12.2 Å². The Labute approximate surface area is 50.8 Å². The standard InChI is InChI=1S/C7H13N/c1-6-4-7(2,3)8-5-6/h8H,1,4-5H2,2-3H3. The number of rotatable bonds is 0. The van der Waals surface area contributed by atoms with Crippen molar-refractivity contribution in [2.75, 3.05) is 6.54 Å². The molecule has 1 rings (SSSR count). The Hall–Kier alpha value is -0.300. The van der Waals surface area contributed by atoms with Gasteiger partial charge in [0.25, 0.3) is 0 Å². The molecule has 46 valence electrons. The van der Waals surface area contributed by atoms with Crippen molar-refractivity contribution in [3.8, 4) is 0 Å². The van der Waals surface area contributed by atoms with Crippen LogP contribution >= 0.6 is 0 Å². The van der Waals surface area contributed by atoms with Gasteiger partial charge in [-0.1, -0.05) is 12.2 Å². The predicted molar refractivity (Wildman–Crippen MR) is 35.8 cm³/mol. The SMILES string of the molecule is C=C1CNC(C)(C)C1. The zero-order chi connectivity index (χ0) is 6.20. The van der Waals surface area contributed by atoms with E-state index in [9.17, 15) is 0 Å². The summed E-state index contributed by atoms with van der Waals surface area (Å²) in [5, 5.41) is 3.35. The molecule has 0 spiro atoms. The minimum Gasteiger partial charge on any atom is -0.308 e. The van der Waals surface area contributed by atoms with Gasteiger partial charge in [0.1, 0.15) is 0 Å². The molecule has 0 amide bonds. The van der Waals surface area contributed by atoms with Gasteiger partial charge < -0.3 is 5.32 Å². The van der Waals surface area contributed by atoms with Crippen LogP contribution in [0, 0.1) is 0 Å². The molecule has 1 aliphatic heterocycles. The first kappa shape index (κ1) is 5.83. The molecule has 8 heavy (non-hydrogen) atoms. The smallest absolute Gasteiger partial charge is 0.0167 e. The van der Waals surface area contributed by atoms with E-state index in [0.29, 0.717) is 5.54 Å². The lowest BCUT2D eigenvalue weighted by Gasteiger charge is -2.15. The van der Waals surface area contributed by atoms with E-state index in [-0.39, 0.29) is 0 Å². The van der Waals surface area contributed by atoms with Gasteiger partial charge in [-0.25, -0.2) is 0 Å². The van der Waals surface area contributed by atoms with Crippen LogP contribution in [0.2, 0.25) is 0 Å². The van der Waals surface area contributed by atoms with Crippen LogP contribution in [0.4, 0.5) is 0 Å². The second-order valence-corrected chi connectivity index (χ2v) is 3.16. The van der Waals surface area contributed by atoms with Crippen molar-refractivity contribution in [3.05, 3.63) is 12.2 Å². The average molecular weight is 111 g/mol. The maximum Gasteiger partial charge on any atom is 0.0167 e. The Morgan fingerprint density at radius 2 is 2.25 bits per heavy atom. The molecule has 0 unspecified atom stereocenters. The monoisotopic (exact) mass is 111 g/mol. The summed E-state index contributed by atoms with van der Waals surface area (Å²) in [4.78, 5) is 0. The molecule has 0 atom stereocenters. The molecule has 0 saturated carbocycles. The third-order valence-electron chi connectivity index (χ3n) is 1.51. The van der Waals surface area contributed by atoms with Crippen LogP contribution in [0.25, 0.3) is 0 Å². The fourth-order valence-corrected chi connectivity index (χ4v) is 1.11. The number of hydrogen-bond acceptors (Lipinski definition) is 1. The van der Waals surface area contributed by atoms with Crippen LogP contribution in [0.3, 0.4) is 0 Å². The quantitative estimate of drug-likeness (QED) is 0.465. The van der Waals surface area contributed by atoms with Gasteiger partial charge in [0.2, 0.25) is 0 Å². The minimum absolute atomic E-state index is 0.317. The molecule has 1 nitrogen and oxygen atoms in total. The van der Waals surface area contributed by atoms with Gasteiger partial charge in [0.15, 0.2) is 0 Å². The predicted octanol–water partition coefficient (Wildman–Crippen LogP) is 1.31. The molecule has 1 heterocycles. The highest BCUT2D eigenvalue weighted by molar-refractivity contribution is 5.10. The fraction of sp³-hybridized carbons (Fsp3) is 0.714. The zero-order valence-electron chi connectivity index (χ0n) is 5.62.